The van der Waals surface area contributed by atoms with Crippen LogP contribution >= 0.6 is 11.3 Å². The summed E-state index contributed by atoms with van der Waals surface area (Å²) < 4.78 is 5.37. The molecule has 1 amide bonds. The zero-order valence-corrected chi connectivity index (χ0v) is 13.7. The fourth-order valence-corrected chi connectivity index (χ4v) is 3.23. The number of aryl methyl sites for hydroxylation is 1. The van der Waals surface area contributed by atoms with Crippen LogP contribution in [0.1, 0.15) is 35.1 Å². The van der Waals surface area contributed by atoms with E-state index in [-0.39, 0.29) is 11.4 Å². The summed E-state index contributed by atoms with van der Waals surface area (Å²) in [7, 11) is 0. The first-order valence-electron chi connectivity index (χ1n) is 7.49. The Hall–Kier alpha value is -1.72. The lowest BCUT2D eigenvalue weighted by Gasteiger charge is -2.34. The molecule has 0 radical (unpaired) electrons. The van der Waals surface area contributed by atoms with E-state index >= 15 is 0 Å². The minimum atomic E-state index is -0.178. The lowest BCUT2D eigenvalue weighted by Crippen LogP contribution is -2.49. The van der Waals surface area contributed by atoms with E-state index in [0.717, 1.165) is 29.1 Å². The molecule has 0 atom stereocenters. The van der Waals surface area contributed by atoms with Crippen molar-refractivity contribution in [3.8, 4) is 11.3 Å². The Labute approximate surface area is 134 Å². The van der Waals surface area contributed by atoms with Crippen molar-refractivity contribution in [2.24, 2.45) is 0 Å². The summed E-state index contributed by atoms with van der Waals surface area (Å²) in [5, 5.41) is 6.21. The van der Waals surface area contributed by atoms with Gasteiger partial charge in [-0.2, -0.15) is 0 Å². The SMILES string of the molecule is Cc1nc(-c2cccc(C(=O)NC3(C)CCOCC3)c2)cs1. The van der Waals surface area contributed by atoms with Crippen molar-refractivity contribution in [3.63, 3.8) is 0 Å². The van der Waals surface area contributed by atoms with Crippen molar-refractivity contribution in [2.45, 2.75) is 32.2 Å². The number of carbonyl (C=O) groups is 1. The topological polar surface area (TPSA) is 51.2 Å². The minimum absolute atomic E-state index is 0.0294. The van der Waals surface area contributed by atoms with Gasteiger partial charge in [0.2, 0.25) is 0 Å². The van der Waals surface area contributed by atoms with Crippen molar-refractivity contribution in [1.29, 1.82) is 0 Å². The van der Waals surface area contributed by atoms with E-state index in [1.165, 1.54) is 0 Å². The Balaban J connectivity index is 1.78. The van der Waals surface area contributed by atoms with E-state index < -0.39 is 0 Å². The molecule has 2 heterocycles. The van der Waals surface area contributed by atoms with Gasteiger partial charge >= 0.3 is 0 Å². The Morgan fingerprint density at radius 1 is 1.36 bits per heavy atom. The molecule has 1 fully saturated rings. The lowest BCUT2D eigenvalue weighted by atomic mass is 9.92. The highest BCUT2D eigenvalue weighted by Gasteiger charge is 2.29. The highest BCUT2D eigenvalue weighted by Crippen LogP contribution is 2.24. The first-order chi connectivity index (χ1) is 10.6. The lowest BCUT2D eigenvalue weighted by molar-refractivity contribution is 0.0423. The van der Waals surface area contributed by atoms with Gasteiger partial charge in [0, 0.05) is 35.3 Å². The second kappa shape index (κ2) is 6.18. The molecule has 1 aromatic heterocycles. The molecule has 1 aliphatic rings. The quantitative estimate of drug-likeness (QED) is 0.944. The summed E-state index contributed by atoms with van der Waals surface area (Å²) in [6, 6.07) is 7.65. The van der Waals surface area contributed by atoms with Crippen molar-refractivity contribution in [3.05, 3.63) is 40.2 Å². The number of aromatic nitrogens is 1. The average molecular weight is 316 g/mol. The van der Waals surface area contributed by atoms with Crippen LogP contribution in [0.5, 0.6) is 0 Å². The van der Waals surface area contributed by atoms with Gasteiger partial charge in [-0.3, -0.25) is 4.79 Å². The molecular formula is C17H20N2O2S. The van der Waals surface area contributed by atoms with Crippen LogP contribution < -0.4 is 5.32 Å². The highest BCUT2D eigenvalue weighted by molar-refractivity contribution is 7.09. The van der Waals surface area contributed by atoms with Crippen LogP contribution in [0.4, 0.5) is 0 Å². The van der Waals surface area contributed by atoms with E-state index in [1.54, 1.807) is 11.3 Å². The molecule has 3 rings (SSSR count). The van der Waals surface area contributed by atoms with Gasteiger partial charge in [-0.15, -0.1) is 11.3 Å². The molecule has 1 saturated heterocycles. The first-order valence-corrected chi connectivity index (χ1v) is 8.37. The standard InChI is InChI=1S/C17H20N2O2S/c1-12-18-15(11-22-12)13-4-3-5-14(10-13)16(20)19-17(2)6-8-21-9-7-17/h3-5,10-11H,6-9H2,1-2H3,(H,19,20). The Bertz CT molecular complexity index is 675. The monoisotopic (exact) mass is 316 g/mol. The van der Waals surface area contributed by atoms with Gasteiger partial charge in [-0.1, -0.05) is 12.1 Å². The van der Waals surface area contributed by atoms with Gasteiger partial charge in [0.15, 0.2) is 0 Å². The molecule has 0 aliphatic carbocycles. The van der Waals surface area contributed by atoms with Crippen LogP contribution in [0.25, 0.3) is 11.3 Å². The van der Waals surface area contributed by atoms with Crippen molar-refractivity contribution in [1.82, 2.24) is 10.3 Å². The van der Waals surface area contributed by atoms with Gasteiger partial charge < -0.3 is 10.1 Å². The molecule has 2 aromatic rings. The normalized spacial score (nSPS) is 17.2. The van der Waals surface area contributed by atoms with Gasteiger partial charge in [-0.25, -0.2) is 4.98 Å². The van der Waals surface area contributed by atoms with Crippen molar-refractivity contribution in [2.75, 3.05) is 13.2 Å². The largest absolute Gasteiger partial charge is 0.381 e. The molecule has 0 spiro atoms. The molecule has 1 N–H and O–H groups in total. The highest BCUT2D eigenvalue weighted by atomic mass is 32.1. The number of thiazole rings is 1. The average Bonchev–Trinajstić information content (AvgIpc) is 2.94. The van der Waals surface area contributed by atoms with E-state index in [0.29, 0.717) is 18.8 Å². The van der Waals surface area contributed by atoms with Crippen LogP contribution in [-0.4, -0.2) is 29.6 Å². The van der Waals surface area contributed by atoms with E-state index in [4.69, 9.17) is 4.74 Å². The third-order valence-electron chi connectivity index (χ3n) is 4.05. The number of nitrogens with zero attached hydrogens (tertiary/aromatic N) is 1. The molecule has 116 valence electrons. The number of ether oxygens (including phenoxy) is 1. The fraction of sp³-hybridized carbons (Fsp3) is 0.412. The van der Waals surface area contributed by atoms with Gasteiger partial charge in [0.1, 0.15) is 0 Å². The van der Waals surface area contributed by atoms with Crippen LogP contribution in [-0.2, 0) is 4.74 Å². The maximum absolute atomic E-state index is 12.5. The number of rotatable bonds is 3. The fourth-order valence-electron chi connectivity index (χ4n) is 2.61. The Morgan fingerprint density at radius 3 is 2.82 bits per heavy atom. The predicted octanol–water partition coefficient (Wildman–Crippen LogP) is 3.42. The second-order valence-electron chi connectivity index (χ2n) is 5.96. The van der Waals surface area contributed by atoms with Gasteiger partial charge in [0.25, 0.3) is 5.91 Å². The Kier molecular flexibility index (Phi) is 4.27. The zero-order chi connectivity index (χ0) is 15.6. The van der Waals surface area contributed by atoms with Crippen molar-refractivity contribution < 1.29 is 9.53 Å². The van der Waals surface area contributed by atoms with Crippen LogP contribution in [0.2, 0.25) is 0 Å². The number of carbonyl (C=O) groups excluding carboxylic acids is 1. The Morgan fingerprint density at radius 2 is 2.14 bits per heavy atom. The zero-order valence-electron chi connectivity index (χ0n) is 12.9. The van der Waals surface area contributed by atoms with Gasteiger partial charge in [-0.05, 0) is 38.8 Å². The predicted molar refractivity (Wildman–Crippen MR) is 88.2 cm³/mol. The summed E-state index contributed by atoms with van der Waals surface area (Å²) in [5.41, 5.74) is 2.40. The van der Waals surface area contributed by atoms with Gasteiger partial charge in [0.05, 0.1) is 10.7 Å². The first kappa shape index (κ1) is 15.2. The van der Waals surface area contributed by atoms with Crippen LogP contribution in [0.3, 0.4) is 0 Å². The molecule has 0 unspecified atom stereocenters. The van der Waals surface area contributed by atoms with Crippen LogP contribution in [0.15, 0.2) is 29.6 Å². The third-order valence-corrected chi connectivity index (χ3v) is 4.82. The summed E-state index contributed by atoms with van der Waals surface area (Å²) in [5.74, 6) is -0.0294. The molecule has 1 aliphatic heterocycles. The molecule has 1 aromatic carbocycles. The molecule has 4 nitrogen and oxygen atoms in total. The molecule has 0 saturated carbocycles. The van der Waals surface area contributed by atoms with E-state index in [2.05, 4.69) is 17.2 Å². The summed E-state index contributed by atoms with van der Waals surface area (Å²) in [4.78, 5) is 17.0. The summed E-state index contributed by atoms with van der Waals surface area (Å²) in [6.45, 7) is 5.47. The molecule has 0 bridgehead atoms. The van der Waals surface area contributed by atoms with E-state index in [1.807, 2.05) is 36.6 Å². The number of hydrogen-bond acceptors (Lipinski definition) is 4. The molecule has 5 heteroatoms. The number of benzene rings is 1. The summed E-state index contributed by atoms with van der Waals surface area (Å²) >= 11 is 1.62. The maximum Gasteiger partial charge on any atom is 0.251 e. The number of hydrogen-bond donors (Lipinski definition) is 1. The van der Waals surface area contributed by atoms with Crippen molar-refractivity contribution >= 4 is 17.2 Å². The number of amides is 1. The smallest absolute Gasteiger partial charge is 0.251 e. The molecule has 22 heavy (non-hydrogen) atoms. The third kappa shape index (κ3) is 3.36. The maximum atomic E-state index is 12.5. The van der Waals surface area contributed by atoms with E-state index in [9.17, 15) is 4.79 Å². The number of nitrogens with one attached hydrogen (secondary N) is 1. The van der Waals surface area contributed by atoms with Crippen LogP contribution in [0, 0.1) is 6.92 Å². The summed E-state index contributed by atoms with van der Waals surface area (Å²) in [6.07, 6.45) is 1.70. The molecular weight excluding hydrogens is 296 g/mol. The minimum Gasteiger partial charge on any atom is -0.381 e. The second-order valence-corrected chi connectivity index (χ2v) is 7.02.